The first-order valence-electron chi connectivity index (χ1n) is 5.55. The highest BCUT2D eigenvalue weighted by Gasteiger charge is 2.12. The number of halogens is 1. The number of hydrogen-bond acceptors (Lipinski definition) is 5. The molecule has 5 nitrogen and oxygen atoms in total. The lowest BCUT2D eigenvalue weighted by Gasteiger charge is -2.18. The summed E-state index contributed by atoms with van der Waals surface area (Å²) >= 11 is 7.71. The Balaban J connectivity index is 2.19. The zero-order valence-corrected chi connectivity index (χ0v) is 12.1. The van der Waals surface area contributed by atoms with Crippen LogP contribution in [-0.4, -0.2) is 22.9 Å². The van der Waals surface area contributed by atoms with Crippen molar-refractivity contribution in [3.8, 4) is 0 Å². The largest absolute Gasteiger partial charge is 0.366 e. The van der Waals surface area contributed by atoms with Gasteiger partial charge in [-0.15, -0.1) is 11.3 Å². The average Bonchev–Trinajstić information content (AvgIpc) is 2.74. The highest BCUT2D eigenvalue weighted by molar-refractivity contribution is 7.09. The molecule has 0 aliphatic rings. The molecule has 1 amide bonds. The third-order valence-corrected chi connectivity index (χ3v) is 3.63. The van der Waals surface area contributed by atoms with E-state index in [9.17, 15) is 4.79 Å². The molecule has 19 heavy (non-hydrogen) atoms. The van der Waals surface area contributed by atoms with Crippen LogP contribution in [0.4, 0.5) is 5.82 Å². The molecule has 0 radical (unpaired) electrons. The minimum atomic E-state index is -0.543. The summed E-state index contributed by atoms with van der Waals surface area (Å²) in [7, 11) is 1.87. The molecule has 0 atom stereocenters. The van der Waals surface area contributed by atoms with Gasteiger partial charge >= 0.3 is 0 Å². The van der Waals surface area contributed by atoms with E-state index in [4.69, 9.17) is 17.3 Å². The molecule has 2 rings (SSSR count). The van der Waals surface area contributed by atoms with Gasteiger partial charge in [-0.05, 0) is 13.0 Å². The van der Waals surface area contributed by atoms with Gasteiger partial charge in [-0.2, -0.15) is 0 Å². The Labute approximate surface area is 120 Å². The molecule has 0 bridgehead atoms. The van der Waals surface area contributed by atoms with Crippen LogP contribution in [0.2, 0.25) is 5.02 Å². The van der Waals surface area contributed by atoms with Crippen LogP contribution in [0.25, 0.3) is 0 Å². The molecule has 7 heteroatoms. The molecule has 0 aliphatic carbocycles. The Hall–Kier alpha value is -1.66. The summed E-state index contributed by atoms with van der Waals surface area (Å²) in [6.07, 6.45) is 1.42. The molecular formula is C12H13ClN4OS. The molecule has 0 unspecified atom stereocenters. The van der Waals surface area contributed by atoms with Gasteiger partial charge < -0.3 is 10.6 Å². The van der Waals surface area contributed by atoms with Crippen LogP contribution in [0.1, 0.15) is 21.1 Å². The minimum Gasteiger partial charge on any atom is -0.366 e. The van der Waals surface area contributed by atoms with Crippen molar-refractivity contribution in [3.63, 3.8) is 0 Å². The van der Waals surface area contributed by atoms with E-state index in [1.807, 2.05) is 24.3 Å². The molecule has 2 heterocycles. The van der Waals surface area contributed by atoms with Crippen LogP contribution < -0.4 is 10.6 Å². The number of amides is 1. The van der Waals surface area contributed by atoms with Crippen molar-refractivity contribution in [2.75, 3.05) is 11.9 Å². The van der Waals surface area contributed by atoms with Gasteiger partial charge in [-0.1, -0.05) is 11.6 Å². The third-order valence-electron chi connectivity index (χ3n) is 2.53. The number of nitrogens with two attached hydrogens (primary N) is 1. The number of aryl methyl sites for hydroxylation is 1. The number of rotatable bonds is 4. The molecular weight excluding hydrogens is 284 g/mol. The highest BCUT2D eigenvalue weighted by atomic mass is 35.5. The van der Waals surface area contributed by atoms with Gasteiger partial charge in [0.05, 0.1) is 27.8 Å². The van der Waals surface area contributed by atoms with Crippen LogP contribution in [0.5, 0.6) is 0 Å². The second-order valence-corrected chi connectivity index (χ2v) is 5.58. The summed E-state index contributed by atoms with van der Waals surface area (Å²) in [6.45, 7) is 2.56. The number of pyridine rings is 1. The molecule has 0 saturated heterocycles. The average molecular weight is 297 g/mol. The number of primary amides is 1. The molecule has 2 N–H and O–H groups in total. The van der Waals surface area contributed by atoms with E-state index < -0.39 is 5.91 Å². The summed E-state index contributed by atoms with van der Waals surface area (Å²) in [6, 6.07) is 1.52. The fourth-order valence-corrected chi connectivity index (χ4v) is 2.56. The molecule has 0 aromatic carbocycles. The van der Waals surface area contributed by atoms with E-state index in [-0.39, 0.29) is 0 Å². The Morgan fingerprint density at radius 3 is 2.84 bits per heavy atom. The maximum atomic E-state index is 11.0. The van der Waals surface area contributed by atoms with Gasteiger partial charge in [0, 0.05) is 18.6 Å². The Bertz CT molecular complexity index is 614. The summed E-state index contributed by atoms with van der Waals surface area (Å²) in [4.78, 5) is 21.5. The Kier molecular flexibility index (Phi) is 4.01. The first-order valence-corrected chi connectivity index (χ1v) is 6.80. The van der Waals surface area contributed by atoms with Crippen LogP contribution in [0, 0.1) is 6.92 Å². The normalized spacial score (nSPS) is 10.5. The van der Waals surface area contributed by atoms with Gasteiger partial charge in [0.15, 0.2) is 0 Å². The number of anilines is 1. The molecule has 0 saturated carbocycles. The van der Waals surface area contributed by atoms with Crippen LogP contribution in [0.15, 0.2) is 17.6 Å². The van der Waals surface area contributed by atoms with Crippen molar-refractivity contribution in [1.82, 2.24) is 9.97 Å². The summed E-state index contributed by atoms with van der Waals surface area (Å²) in [5.41, 5.74) is 6.43. The Morgan fingerprint density at radius 1 is 1.58 bits per heavy atom. The standard InChI is InChI=1S/C12H13ClN4OS/c1-7-16-9(6-19-7)5-17(2)12-10(13)3-8(4-15-12)11(14)18/h3-4,6H,5H2,1-2H3,(H2,14,18). The molecule has 0 aliphatic heterocycles. The lowest BCUT2D eigenvalue weighted by molar-refractivity contribution is 0.1000. The van der Waals surface area contributed by atoms with E-state index in [1.165, 1.54) is 12.3 Å². The fourth-order valence-electron chi connectivity index (χ4n) is 1.65. The van der Waals surface area contributed by atoms with Gasteiger partial charge in [0.25, 0.3) is 0 Å². The summed E-state index contributed by atoms with van der Waals surface area (Å²) < 4.78 is 0. The van der Waals surface area contributed by atoms with Crippen molar-refractivity contribution in [2.45, 2.75) is 13.5 Å². The van der Waals surface area contributed by atoms with E-state index in [0.717, 1.165) is 10.7 Å². The first kappa shape index (κ1) is 13.8. The monoisotopic (exact) mass is 296 g/mol. The zero-order chi connectivity index (χ0) is 14.0. The molecule has 0 fully saturated rings. The predicted octanol–water partition coefficient (Wildman–Crippen LogP) is 2.24. The van der Waals surface area contributed by atoms with E-state index in [0.29, 0.717) is 22.9 Å². The van der Waals surface area contributed by atoms with E-state index in [2.05, 4.69) is 9.97 Å². The first-order chi connectivity index (χ1) is 8.97. The van der Waals surface area contributed by atoms with Gasteiger partial charge in [-0.3, -0.25) is 4.79 Å². The van der Waals surface area contributed by atoms with Crippen molar-refractivity contribution >= 4 is 34.7 Å². The number of carbonyl (C=O) groups is 1. The maximum Gasteiger partial charge on any atom is 0.250 e. The van der Waals surface area contributed by atoms with Gasteiger partial charge in [-0.25, -0.2) is 9.97 Å². The zero-order valence-electron chi connectivity index (χ0n) is 10.6. The number of nitrogens with zero attached hydrogens (tertiary/aromatic N) is 3. The number of aromatic nitrogens is 2. The third kappa shape index (κ3) is 3.21. The van der Waals surface area contributed by atoms with Crippen LogP contribution >= 0.6 is 22.9 Å². The van der Waals surface area contributed by atoms with Crippen molar-refractivity contribution < 1.29 is 4.79 Å². The lowest BCUT2D eigenvalue weighted by atomic mass is 10.2. The maximum absolute atomic E-state index is 11.0. The van der Waals surface area contributed by atoms with Crippen molar-refractivity contribution in [2.24, 2.45) is 5.73 Å². The topological polar surface area (TPSA) is 72.1 Å². The highest BCUT2D eigenvalue weighted by Crippen LogP contribution is 2.24. The van der Waals surface area contributed by atoms with Crippen molar-refractivity contribution in [1.29, 1.82) is 0 Å². The predicted molar refractivity (Wildman–Crippen MR) is 76.7 cm³/mol. The van der Waals surface area contributed by atoms with E-state index >= 15 is 0 Å². The molecule has 0 spiro atoms. The lowest BCUT2D eigenvalue weighted by Crippen LogP contribution is -2.19. The van der Waals surface area contributed by atoms with Crippen LogP contribution in [0.3, 0.4) is 0 Å². The second kappa shape index (κ2) is 5.54. The van der Waals surface area contributed by atoms with E-state index in [1.54, 1.807) is 11.3 Å². The molecule has 100 valence electrons. The van der Waals surface area contributed by atoms with Gasteiger partial charge in [0.2, 0.25) is 5.91 Å². The fraction of sp³-hybridized carbons (Fsp3) is 0.250. The number of carbonyl (C=O) groups excluding carboxylic acids is 1. The number of thiazole rings is 1. The minimum absolute atomic E-state index is 0.298. The Morgan fingerprint density at radius 2 is 2.32 bits per heavy atom. The molecule has 2 aromatic rings. The number of hydrogen-bond donors (Lipinski definition) is 1. The van der Waals surface area contributed by atoms with Crippen LogP contribution in [-0.2, 0) is 6.54 Å². The molecule has 2 aromatic heterocycles. The van der Waals surface area contributed by atoms with Crippen molar-refractivity contribution in [3.05, 3.63) is 38.9 Å². The SMILES string of the molecule is Cc1nc(CN(C)c2ncc(C(N)=O)cc2Cl)cs1. The summed E-state index contributed by atoms with van der Waals surface area (Å²) in [5, 5.41) is 3.41. The summed E-state index contributed by atoms with van der Waals surface area (Å²) in [5.74, 6) is 0.0519. The smallest absolute Gasteiger partial charge is 0.250 e. The second-order valence-electron chi connectivity index (χ2n) is 4.11. The quantitative estimate of drug-likeness (QED) is 0.939. The van der Waals surface area contributed by atoms with Gasteiger partial charge in [0.1, 0.15) is 5.82 Å².